The normalized spacial score (nSPS) is 10.3. The van der Waals surface area contributed by atoms with E-state index in [4.69, 9.17) is 0 Å². The highest BCUT2D eigenvalue weighted by atomic mass is 79.9. The molecule has 88 valence electrons. The smallest absolute Gasteiger partial charge is 0.0416 e. The van der Waals surface area contributed by atoms with Gasteiger partial charge < -0.3 is 5.32 Å². The number of pyridine rings is 1. The molecule has 2 nitrogen and oxygen atoms in total. The van der Waals surface area contributed by atoms with Crippen LogP contribution in [-0.4, -0.2) is 4.98 Å². The molecule has 3 heteroatoms. The summed E-state index contributed by atoms with van der Waals surface area (Å²) >= 11 is 3.42. The van der Waals surface area contributed by atoms with Crippen molar-refractivity contribution in [2.75, 3.05) is 5.32 Å². The maximum atomic E-state index is 4.15. The second-order valence-electron chi connectivity index (χ2n) is 4.18. The van der Waals surface area contributed by atoms with E-state index in [-0.39, 0.29) is 0 Å². The van der Waals surface area contributed by atoms with Crippen molar-refractivity contribution in [1.82, 2.24) is 4.98 Å². The standard InChI is InChI=1S/C14H15BrN2/c1-10-3-4-14(11(2)5-10)17-8-12-6-13(15)9-16-7-12/h3-7,9,17H,8H2,1-2H3. The molecule has 0 bridgehead atoms. The highest BCUT2D eigenvalue weighted by molar-refractivity contribution is 9.10. The molecule has 17 heavy (non-hydrogen) atoms. The van der Waals surface area contributed by atoms with Crippen LogP contribution in [0.25, 0.3) is 0 Å². The molecule has 0 unspecified atom stereocenters. The molecule has 0 aliphatic heterocycles. The predicted octanol–water partition coefficient (Wildman–Crippen LogP) is 4.07. The van der Waals surface area contributed by atoms with Gasteiger partial charge >= 0.3 is 0 Å². The number of anilines is 1. The Bertz CT molecular complexity index is 523. The Labute approximate surface area is 110 Å². The fourth-order valence-electron chi connectivity index (χ4n) is 1.76. The van der Waals surface area contributed by atoms with Crippen LogP contribution >= 0.6 is 15.9 Å². The quantitative estimate of drug-likeness (QED) is 0.922. The van der Waals surface area contributed by atoms with Crippen molar-refractivity contribution in [3.63, 3.8) is 0 Å². The molecule has 0 saturated heterocycles. The molecule has 2 rings (SSSR count). The summed E-state index contributed by atoms with van der Waals surface area (Å²) in [6.07, 6.45) is 3.67. The molecule has 0 atom stereocenters. The van der Waals surface area contributed by atoms with Gasteiger partial charge in [0.05, 0.1) is 0 Å². The second kappa shape index (κ2) is 5.32. The molecule has 2 aromatic rings. The third-order valence-electron chi connectivity index (χ3n) is 2.63. The molecule has 0 radical (unpaired) electrons. The molecule has 1 N–H and O–H groups in total. The van der Waals surface area contributed by atoms with Gasteiger partial charge in [0.1, 0.15) is 0 Å². The molecule has 1 aromatic carbocycles. The van der Waals surface area contributed by atoms with Crippen molar-refractivity contribution in [3.05, 3.63) is 57.8 Å². The lowest BCUT2D eigenvalue weighted by atomic mass is 10.1. The van der Waals surface area contributed by atoms with E-state index < -0.39 is 0 Å². The van der Waals surface area contributed by atoms with Crippen LogP contribution in [0.4, 0.5) is 5.69 Å². The van der Waals surface area contributed by atoms with E-state index in [0.29, 0.717) is 0 Å². The maximum absolute atomic E-state index is 4.15. The van der Waals surface area contributed by atoms with Crippen molar-refractivity contribution < 1.29 is 0 Å². The summed E-state index contributed by atoms with van der Waals surface area (Å²) in [5, 5.41) is 3.42. The third-order valence-corrected chi connectivity index (χ3v) is 3.06. The van der Waals surface area contributed by atoms with Crippen LogP contribution in [0.15, 0.2) is 41.1 Å². The molecule has 0 spiro atoms. The Kier molecular flexibility index (Phi) is 3.79. The van der Waals surface area contributed by atoms with Gasteiger partial charge in [-0.15, -0.1) is 0 Å². The summed E-state index contributed by atoms with van der Waals surface area (Å²) in [7, 11) is 0. The Morgan fingerprint density at radius 1 is 1.18 bits per heavy atom. The highest BCUT2D eigenvalue weighted by Gasteiger charge is 1.99. The third kappa shape index (κ3) is 3.30. The lowest BCUT2D eigenvalue weighted by Crippen LogP contribution is -2.01. The number of rotatable bonds is 3. The summed E-state index contributed by atoms with van der Waals surface area (Å²) < 4.78 is 1.01. The summed E-state index contributed by atoms with van der Waals surface area (Å²) in [5.41, 5.74) is 4.90. The summed E-state index contributed by atoms with van der Waals surface area (Å²) in [6.45, 7) is 5.01. The minimum atomic E-state index is 0.788. The van der Waals surface area contributed by atoms with E-state index in [1.54, 1.807) is 6.20 Å². The van der Waals surface area contributed by atoms with Crippen molar-refractivity contribution in [1.29, 1.82) is 0 Å². The molecule has 0 saturated carbocycles. The average molecular weight is 291 g/mol. The lowest BCUT2D eigenvalue weighted by molar-refractivity contribution is 1.10. The van der Waals surface area contributed by atoms with Gasteiger partial charge in [-0.05, 0) is 53.0 Å². The molecular weight excluding hydrogens is 276 g/mol. The average Bonchev–Trinajstić information content (AvgIpc) is 2.28. The van der Waals surface area contributed by atoms with Crippen LogP contribution in [0.5, 0.6) is 0 Å². The van der Waals surface area contributed by atoms with E-state index in [9.17, 15) is 0 Å². The SMILES string of the molecule is Cc1ccc(NCc2cncc(Br)c2)c(C)c1. The molecule has 0 aliphatic rings. The number of nitrogens with zero attached hydrogens (tertiary/aromatic N) is 1. The van der Waals surface area contributed by atoms with Crippen LogP contribution in [0, 0.1) is 13.8 Å². The predicted molar refractivity (Wildman–Crippen MR) is 75.2 cm³/mol. The number of halogens is 1. The van der Waals surface area contributed by atoms with Crippen molar-refractivity contribution >= 4 is 21.6 Å². The molecule has 0 fully saturated rings. The fraction of sp³-hybridized carbons (Fsp3) is 0.214. The summed E-state index contributed by atoms with van der Waals surface area (Å²) in [6, 6.07) is 8.50. The zero-order valence-corrected chi connectivity index (χ0v) is 11.6. The Balaban J connectivity index is 2.07. The first-order valence-corrected chi connectivity index (χ1v) is 6.35. The fourth-order valence-corrected chi connectivity index (χ4v) is 2.17. The zero-order chi connectivity index (χ0) is 12.3. The van der Waals surface area contributed by atoms with Gasteiger partial charge in [0.25, 0.3) is 0 Å². The molecule has 1 aromatic heterocycles. The summed E-state index contributed by atoms with van der Waals surface area (Å²) in [4.78, 5) is 4.15. The number of hydrogen-bond donors (Lipinski definition) is 1. The van der Waals surface area contributed by atoms with Crippen LogP contribution in [0.1, 0.15) is 16.7 Å². The van der Waals surface area contributed by atoms with Crippen LogP contribution in [0.2, 0.25) is 0 Å². The molecular formula is C14H15BrN2. The highest BCUT2D eigenvalue weighted by Crippen LogP contribution is 2.17. The van der Waals surface area contributed by atoms with Crippen molar-refractivity contribution in [2.45, 2.75) is 20.4 Å². The van der Waals surface area contributed by atoms with Gasteiger partial charge in [0.2, 0.25) is 0 Å². The minimum absolute atomic E-state index is 0.788. The number of aromatic nitrogens is 1. The first kappa shape index (κ1) is 12.1. The van der Waals surface area contributed by atoms with Crippen LogP contribution in [0.3, 0.4) is 0 Å². The first-order chi connectivity index (χ1) is 8.15. The second-order valence-corrected chi connectivity index (χ2v) is 5.10. The van der Waals surface area contributed by atoms with E-state index in [0.717, 1.165) is 11.0 Å². The van der Waals surface area contributed by atoms with E-state index in [1.807, 2.05) is 6.20 Å². The van der Waals surface area contributed by atoms with Gasteiger partial charge in [-0.1, -0.05) is 17.7 Å². The van der Waals surface area contributed by atoms with E-state index >= 15 is 0 Å². The summed E-state index contributed by atoms with van der Waals surface area (Å²) in [5.74, 6) is 0. The van der Waals surface area contributed by atoms with E-state index in [2.05, 4.69) is 64.3 Å². The number of hydrogen-bond acceptors (Lipinski definition) is 2. The molecule has 0 amide bonds. The van der Waals surface area contributed by atoms with Gasteiger partial charge in [-0.2, -0.15) is 0 Å². The largest absolute Gasteiger partial charge is 0.381 e. The minimum Gasteiger partial charge on any atom is -0.381 e. The van der Waals surface area contributed by atoms with Gasteiger partial charge in [-0.3, -0.25) is 4.98 Å². The maximum Gasteiger partial charge on any atom is 0.0416 e. The van der Waals surface area contributed by atoms with Gasteiger partial charge in [0, 0.05) is 29.1 Å². The van der Waals surface area contributed by atoms with E-state index in [1.165, 1.54) is 22.4 Å². The Hall–Kier alpha value is -1.35. The van der Waals surface area contributed by atoms with Gasteiger partial charge in [0.15, 0.2) is 0 Å². The number of nitrogens with one attached hydrogen (secondary N) is 1. The van der Waals surface area contributed by atoms with Gasteiger partial charge in [-0.25, -0.2) is 0 Å². The van der Waals surface area contributed by atoms with Crippen molar-refractivity contribution in [2.24, 2.45) is 0 Å². The Morgan fingerprint density at radius 2 is 2.00 bits per heavy atom. The Morgan fingerprint density at radius 3 is 2.71 bits per heavy atom. The topological polar surface area (TPSA) is 24.9 Å². The monoisotopic (exact) mass is 290 g/mol. The number of aryl methyl sites for hydroxylation is 2. The molecule has 0 aliphatic carbocycles. The molecule has 1 heterocycles. The first-order valence-electron chi connectivity index (χ1n) is 5.56. The lowest BCUT2D eigenvalue weighted by Gasteiger charge is -2.10. The number of benzene rings is 1. The van der Waals surface area contributed by atoms with Crippen molar-refractivity contribution in [3.8, 4) is 0 Å². The zero-order valence-electron chi connectivity index (χ0n) is 10.00. The van der Waals surface area contributed by atoms with Crippen LogP contribution < -0.4 is 5.32 Å². The van der Waals surface area contributed by atoms with Crippen LogP contribution in [-0.2, 0) is 6.54 Å².